The van der Waals surface area contributed by atoms with Gasteiger partial charge in [-0.15, -0.1) is 0 Å². The lowest BCUT2D eigenvalue weighted by atomic mass is 10.1. The van der Waals surface area contributed by atoms with Crippen molar-refractivity contribution in [2.75, 3.05) is 18.4 Å². The molecule has 1 heterocycles. The van der Waals surface area contributed by atoms with Gasteiger partial charge in [-0.25, -0.2) is 13.2 Å². The summed E-state index contributed by atoms with van der Waals surface area (Å²) < 4.78 is 39.0. The molecule has 0 bridgehead atoms. The summed E-state index contributed by atoms with van der Waals surface area (Å²) in [4.78, 5) is 0. The molecule has 1 aliphatic rings. The van der Waals surface area contributed by atoms with Crippen LogP contribution in [0.2, 0.25) is 0 Å². The second-order valence-electron chi connectivity index (χ2n) is 3.89. The van der Waals surface area contributed by atoms with E-state index in [0.29, 0.717) is 0 Å². The van der Waals surface area contributed by atoms with Crippen LogP contribution in [0.4, 0.5) is 18.9 Å². The lowest BCUT2D eigenvalue weighted by Gasteiger charge is -2.24. The van der Waals surface area contributed by atoms with Gasteiger partial charge >= 0.3 is 0 Å². The van der Waals surface area contributed by atoms with Gasteiger partial charge in [-0.2, -0.15) is 0 Å². The summed E-state index contributed by atoms with van der Waals surface area (Å²) in [5.41, 5.74) is 0.0331. The molecule has 1 fully saturated rings. The highest BCUT2D eigenvalue weighted by atomic mass is 19.2. The van der Waals surface area contributed by atoms with Crippen molar-refractivity contribution in [3.8, 4) is 0 Å². The number of anilines is 1. The second-order valence-corrected chi connectivity index (χ2v) is 3.89. The Morgan fingerprint density at radius 3 is 2.44 bits per heavy atom. The Balaban J connectivity index is 2.11. The molecule has 2 nitrogen and oxygen atoms in total. The predicted octanol–water partition coefficient (Wildman–Crippen LogP) is 2.27. The molecular weight excluding hydrogens is 217 g/mol. The molecule has 2 N–H and O–H groups in total. The number of benzene rings is 1. The average molecular weight is 230 g/mol. The third-order valence-electron chi connectivity index (χ3n) is 2.73. The molecule has 0 aliphatic carbocycles. The smallest absolute Gasteiger partial charge is 0.196 e. The van der Waals surface area contributed by atoms with E-state index in [-0.39, 0.29) is 11.7 Å². The van der Waals surface area contributed by atoms with E-state index in [2.05, 4.69) is 10.6 Å². The molecular formula is C11H13F3N2. The van der Waals surface area contributed by atoms with E-state index in [1.165, 1.54) is 6.07 Å². The fourth-order valence-corrected chi connectivity index (χ4v) is 1.82. The fourth-order valence-electron chi connectivity index (χ4n) is 1.82. The molecule has 0 spiro atoms. The van der Waals surface area contributed by atoms with Gasteiger partial charge < -0.3 is 10.6 Å². The summed E-state index contributed by atoms with van der Waals surface area (Å²) in [6, 6.07) is 2.28. The largest absolute Gasteiger partial charge is 0.380 e. The highest BCUT2D eigenvalue weighted by molar-refractivity contribution is 5.46. The normalized spacial score (nSPS) is 17.4. The average Bonchev–Trinajstić information content (AvgIpc) is 2.31. The van der Waals surface area contributed by atoms with E-state index in [0.717, 1.165) is 32.0 Å². The first-order valence-electron chi connectivity index (χ1n) is 5.29. The van der Waals surface area contributed by atoms with E-state index in [1.807, 2.05) is 0 Å². The standard InChI is InChI=1S/C11H13F3N2/c12-8-1-2-9(11(14)10(8)13)16-7-3-5-15-6-4-7/h1-2,7,15-16H,3-6H2. The first-order chi connectivity index (χ1) is 7.68. The Morgan fingerprint density at radius 1 is 1.06 bits per heavy atom. The molecule has 16 heavy (non-hydrogen) atoms. The molecule has 5 heteroatoms. The van der Waals surface area contributed by atoms with Crippen LogP contribution in [-0.2, 0) is 0 Å². The first kappa shape index (κ1) is 11.3. The number of halogens is 3. The zero-order chi connectivity index (χ0) is 11.5. The van der Waals surface area contributed by atoms with Crippen molar-refractivity contribution in [2.45, 2.75) is 18.9 Å². The quantitative estimate of drug-likeness (QED) is 0.761. The van der Waals surface area contributed by atoms with Gasteiger partial charge in [-0.1, -0.05) is 0 Å². The van der Waals surface area contributed by atoms with Gasteiger partial charge in [0, 0.05) is 6.04 Å². The van der Waals surface area contributed by atoms with E-state index < -0.39 is 17.5 Å². The SMILES string of the molecule is Fc1ccc(NC2CCNCC2)c(F)c1F. The van der Waals surface area contributed by atoms with E-state index in [9.17, 15) is 13.2 Å². The molecule has 0 saturated carbocycles. The number of piperidine rings is 1. The summed E-state index contributed by atoms with van der Waals surface area (Å²) in [5.74, 6) is -3.72. The van der Waals surface area contributed by atoms with Gasteiger partial charge in [-0.3, -0.25) is 0 Å². The zero-order valence-corrected chi connectivity index (χ0v) is 8.69. The van der Waals surface area contributed by atoms with Gasteiger partial charge in [-0.05, 0) is 38.1 Å². The summed E-state index contributed by atoms with van der Waals surface area (Å²) in [6.45, 7) is 1.70. The molecule has 0 atom stereocenters. The van der Waals surface area contributed by atoms with E-state index in [1.54, 1.807) is 0 Å². The maximum absolute atomic E-state index is 13.3. The van der Waals surface area contributed by atoms with Crippen LogP contribution in [-0.4, -0.2) is 19.1 Å². The van der Waals surface area contributed by atoms with Crippen LogP contribution in [0.1, 0.15) is 12.8 Å². The second kappa shape index (κ2) is 4.74. The number of nitrogens with one attached hydrogen (secondary N) is 2. The Bertz CT molecular complexity index is 376. The predicted molar refractivity (Wildman–Crippen MR) is 55.8 cm³/mol. The van der Waals surface area contributed by atoms with Crippen LogP contribution in [0.15, 0.2) is 12.1 Å². The van der Waals surface area contributed by atoms with Crippen LogP contribution >= 0.6 is 0 Å². The summed E-state index contributed by atoms with van der Waals surface area (Å²) in [5, 5.41) is 6.06. The molecule has 88 valence electrons. The maximum atomic E-state index is 13.3. The van der Waals surface area contributed by atoms with Gasteiger partial charge in [0.15, 0.2) is 17.5 Å². The molecule has 1 aliphatic heterocycles. The van der Waals surface area contributed by atoms with Crippen molar-refractivity contribution < 1.29 is 13.2 Å². The molecule has 0 unspecified atom stereocenters. The first-order valence-corrected chi connectivity index (χ1v) is 5.29. The molecule has 0 radical (unpaired) electrons. The lowest BCUT2D eigenvalue weighted by Crippen LogP contribution is -2.35. The van der Waals surface area contributed by atoms with Gasteiger partial charge in [0.05, 0.1) is 5.69 Å². The van der Waals surface area contributed by atoms with Crippen LogP contribution in [0, 0.1) is 17.5 Å². The minimum absolute atomic E-state index is 0.0331. The fraction of sp³-hybridized carbons (Fsp3) is 0.455. The highest BCUT2D eigenvalue weighted by Crippen LogP contribution is 2.21. The van der Waals surface area contributed by atoms with Crippen LogP contribution < -0.4 is 10.6 Å². The van der Waals surface area contributed by atoms with Crippen LogP contribution in [0.5, 0.6) is 0 Å². The Kier molecular flexibility index (Phi) is 3.33. The molecule has 0 amide bonds. The van der Waals surface area contributed by atoms with Crippen molar-refractivity contribution in [1.29, 1.82) is 0 Å². The van der Waals surface area contributed by atoms with Crippen LogP contribution in [0.3, 0.4) is 0 Å². The third kappa shape index (κ3) is 2.29. The van der Waals surface area contributed by atoms with Gasteiger partial charge in [0.2, 0.25) is 0 Å². The number of hydrogen-bond donors (Lipinski definition) is 2. The Hall–Kier alpha value is -1.23. The number of hydrogen-bond acceptors (Lipinski definition) is 2. The zero-order valence-electron chi connectivity index (χ0n) is 8.69. The Labute approximate surface area is 91.8 Å². The monoisotopic (exact) mass is 230 g/mol. The van der Waals surface area contributed by atoms with Crippen molar-refractivity contribution in [2.24, 2.45) is 0 Å². The van der Waals surface area contributed by atoms with E-state index in [4.69, 9.17) is 0 Å². The van der Waals surface area contributed by atoms with Crippen molar-refractivity contribution in [3.63, 3.8) is 0 Å². The van der Waals surface area contributed by atoms with E-state index >= 15 is 0 Å². The van der Waals surface area contributed by atoms with Crippen LogP contribution in [0.25, 0.3) is 0 Å². The van der Waals surface area contributed by atoms with Crippen molar-refractivity contribution in [3.05, 3.63) is 29.6 Å². The molecule has 1 aromatic rings. The molecule has 1 aromatic carbocycles. The molecule has 1 saturated heterocycles. The Morgan fingerprint density at radius 2 is 1.75 bits per heavy atom. The maximum Gasteiger partial charge on any atom is 0.196 e. The van der Waals surface area contributed by atoms with Crippen molar-refractivity contribution >= 4 is 5.69 Å². The molecule has 0 aromatic heterocycles. The van der Waals surface area contributed by atoms with Crippen molar-refractivity contribution in [1.82, 2.24) is 5.32 Å². The minimum Gasteiger partial charge on any atom is -0.380 e. The summed E-state index contributed by atoms with van der Waals surface area (Å²) in [7, 11) is 0. The third-order valence-corrected chi connectivity index (χ3v) is 2.73. The van der Waals surface area contributed by atoms with Gasteiger partial charge in [0.1, 0.15) is 0 Å². The van der Waals surface area contributed by atoms with Gasteiger partial charge in [0.25, 0.3) is 0 Å². The number of rotatable bonds is 2. The highest BCUT2D eigenvalue weighted by Gasteiger charge is 2.17. The summed E-state index contributed by atoms with van der Waals surface area (Å²) in [6.07, 6.45) is 1.69. The minimum atomic E-state index is -1.42. The lowest BCUT2D eigenvalue weighted by molar-refractivity contribution is 0.443. The molecule has 2 rings (SSSR count). The topological polar surface area (TPSA) is 24.1 Å². The summed E-state index contributed by atoms with van der Waals surface area (Å²) >= 11 is 0.